The molecular formula is C25H47NO4. The number of esters is 1. The molecule has 1 aliphatic heterocycles. The van der Waals surface area contributed by atoms with E-state index in [4.69, 9.17) is 9.47 Å². The van der Waals surface area contributed by atoms with Crippen molar-refractivity contribution in [3.63, 3.8) is 0 Å². The first kappa shape index (κ1) is 32.6. The lowest BCUT2D eigenvalue weighted by Gasteiger charge is -2.15. The zero-order chi connectivity index (χ0) is 24.4. The van der Waals surface area contributed by atoms with Crippen molar-refractivity contribution in [2.45, 2.75) is 102 Å². The van der Waals surface area contributed by atoms with E-state index in [0.717, 1.165) is 5.56 Å². The number of anilines is 1. The van der Waals surface area contributed by atoms with Crippen LogP contribution in [0.3, 0.4) is 0 Å². The molecule has 1 aromatic rings. The van der Waals surface area contributed by atoms with Crippen molar-refractivity contribution >= 4 is 11.7 Å². The van der Waals surface area contributed by atoms with Gasteiger partial charge in [0.15, 0.2) is 5.75 Å². The molecule has 1 aliphatic rings. The fourth-order valence-electron chi connectivity index (χ4n) is 2.56. The van der Waals surface area contributed by atoms with Gasteiger partial charge in [0.2, 0.25) is 0 Å². The first-order valence-electron chi connectivity index (χ1n) is 11.5. The van der Waals surface area contributed by atoms with Crippen LogP contribution in [0.5, 0.6) is 5.75 Å². The lowest BCUT2D eigenvalue weighted by atomic mass is 9.98. The van der Waals surface area contributed by atoms with Crippen molar-refractivity contribution in [2.24, 2.45) is 5.92 Å². The van der Waals surface area contributed by atoms with E-state index in [2.05, 4.69) is 5.48 Å². The second kappa shape index (κ2) is 19.0. The van der Waals surface area contributed by atoms with E-state index in [9.17, 15) is 10.0 Å². The average molecular weight is 426 g/mol. The molecule has 176 valence electrons. The van der Waals surface area contributed by atoms with Crippen molar-refractivity contribution in [1.82, 2.24) is 0 Å². The number of rotatable bonds is 4. The molecule has 30 heavy (non-hydrogen) atoms. The van der Waals surface area contributed by atoms with Crippen LogP contribution in [0, 0.1) is 5.92 Å². The van der Waals surface area contributed by atoms with E-state index in [-0.39, 0.29) is 12.0 Å². The van der Waals surface area contributed by atoms with Crippen molar-refractivity contribution in [3.05, 3.63) is 35.1 Å². The molecule has 2 N–H and O–H groups in total. The van der Waals surface area contributed by atoms with Gasteiger partial charge in [-0.3, -0.25) is 10.7 Å². The standard InChI is InChI=1S/C17H23NO4.4C2H6/c1-9(2)13-6-7-14(18-20)15(8-13)22-17(19)16-10(3)11(4)21-12(16)5;4*1-2/h6-11,18,20H,1-5H3;4*1-2H3. The largest absolute Gasteiger partial charge is 0.494 e. The summed E-state index contributed by atoms with van der Waals surface area (Å²) in [5.41, 5.74) is 3.99. The monoisotopic (exact) mass is 425 g/mol. The van der Waals surface area contributed by atoms with Gasteiger partial charge in [-0.15, -0.1) is 0 Å². The molecule has 2 unspecified atom stereocenters. The molecule has 0 aromatic heterocycles. The highest BCUT2D eigenvalue weighted by molar-refractivity contribution is 5.92. The lowest BCUT2D eigenvalue weighted by molar-refractivity contribution is -0.130. The number of hydrogen-bond acceptors (Lipinski definition) is 5. The second-order valence-corrected chi connectivity index (χ2v) is 5.99. The van der Waals surface area contributed by atoms with Gasteiger partial charge in [-0.2, -0.15) is 0 Å². The predicted octanol–water partition coefficient (Wildman–Crippen LogP) is 7.95. The summed E-state index contributed by atoms with van der Waals surface area (Å²) in [7, 11) is 0. The highest BCUT2D eigenvalue weighted by Gasteiger charge is 2.34. The SMILES string of the molecule is CC.CC.CC.CC.CC1=C(C(=O)Oc2cc(C(C)C)ccc2NO)C(C)C(C)O1. The summed E-state index contributed by atoms with van der Waals surface area (Å²) in [5, 5.41) is 9.19. The first-order valence-corrected chi connectivity index (χ1v) is 11.5. The highest BCUT2D eigenvalue weighted by Crippen LogP contribution is 2.34. The number of benzene rings is 1. The van der Waals surface area contributed by atoms with Crippen molar-refractivity contribution in [3.8, 4) is 5.75 Å². The highest BCUT2D eigenvalue weighted by atomic mass is 16.5. The van der Waals surface area contributed by atoms with Gasteiger partial charge in [0.05, 0.1) is 5.57 Å². The van der Waals surface area contributed by atoms with Gasteiger partial charge in [-0.1, -0.05) is 82.2 Å². The topological polar surface area (TPSA) is 67.8 Å². The molecule has 0 amide bonds. The van der Waals surface area contributed by atoms with E-state index in [0.29, 0.717) is 28.7 Å². The fraction of sp³-hybridized carbons (Fsp3) is 0.640. The van der Waals surface area contributed by atoms with Crippen LogP contribution in [0.15, 0.2) is 29.5 Å². The minimum Gasteiger partial charge on any atom is -0.494 e. The van der Waals surface area contributed by atoms with Crippen LogP contribution in [-0.4, -0.2) is 17.3 Å². The molecule has 0 saturated heterocycles. The average Bonchev–Trinajstić information content (AvgIpc) is 3.05. The van der Waals surface area contributed by atoms with Gasteiger partial charge >= 0.3 is 5.97 Å². The Kier molecular flexibility index (Phi) is 20.7. The number of ether oxygens (including phenoxy) is 2. The van der Waals surface area contributed by atoms with Gasteiger partial charge < -0.3 is 9.47 Å². The van der Waals surface area contributed by atoms with Crippen LogP contribution < -0.4 is 10.2 Å². The van der Waals surface area contributed by atoms with Crippen molar-refractivity contribution in [2.75, 3.05) is 5.48 Å². The summed E-state index contributed by atoms with van der Waals surface area (Å²) < 4.78 is 11.1. The maximum atomic E-state index is 12.5. The molecule has 0 saturated carbocycles. The Labute approximate surface area is 185 Å². The Morgan fingerprint density at radius 1 is 1.03 bits per heavy atom. The molecule has 5 heteroatoms. The number of allylic oxidation sites excluding steroid dienone is 1. The molecule has 0 radical (unpaired) electrons. The van der Waals surface area contributed by atoms with Crippen LogP contribution >= 0.6 is 0 Å². The molecule has 2 rings (SSSR count). The van der Waals surface area contributed by atoms with Gasteiger partial charge in [0, 0.05) is 5.92 Å². The third-order valence-corrected chi connectivity index (χ3v) is 4.12. The lowest BCUT2D eigenvalue weighted by Crippen LogP contribution is -2.20. The minimum atomic E-state index is -0.438. The zero-order valence-electron chi connectivity index (χ0n) is 21.6. The van der Waals surface area contributed by atoms with Crippen LogP contribution in [0.4, 0.5) is 5.69 Å². The van der Waals surface area contributed by atoms with E-state index in [1.165, 1.54) is 0 Å². The number of nitrogens with one attached hydrogen (secondary N) is 1. The summed E-state index contributed by atoms with van der Waals surface area (Å²) in [6.45, 7) is 25.7. The van der Waals surface area contributed by atoms with Crippen LogP contribution in [-0.2, 0) is 9.53 Å². The molecular weight excluding hydrogens is 378 g/mol. The molecule has 2 atom stereocenters. The Bertz CT molecular complexity index is 609. The quantitative estimate of drug-likeness (QED) is 0.291. The van der Waals surface area contributed by atoms with E-state index in [1.807, 2.05) is 89.2 Å². The number of carbonyl (C=O) groups excluding carboxylic acids is 1. The van der Waals surface area contributed by atoms with Crippen LogP contribution in [0.1, 0.15) is 101 Å². The number of carbonyl (C=O) groups is 1. The maximum absolute atomic E-state index is 12.5. The Morgan fingerprint density at radius 3 is 1.90 bits per heavy atom. The summed E-state index contributed by atoms with van der Waals surface area (Å²) in [5.74, 6) is 0.743. The summed E-state index contributed by atoms with van der Waals surface area (Å²) >= 11 is 0. The zero-order valence-corrected chi connectivity index (χ0v) is 21.6. The van der Waals surface area contributed by atoms with Crippen molar-refractivity contribution < 1.29 is 19.5 Å². The van der Waals surface area contributed by atoms with Gasteiger partial charge in [0.25, 0.3) is 0 Å². The third kappa shape index (κ3) is 9.66. The molecule has 1 aromatic carbocycles. The van der Waals surface area contributed by atoms with Gasteiger partial charge in [-0.05, 0) is 37.5 Å². The van der Waals surface area contributed by atoms with Gasteiger partial charge in [-0.25, -0.2) is 4.79 Å². The maximum Gasteiger partial charge on any atom is 0.343 e. The molecule has 0 aliphatic carbocycles. The van der Waals surface area contributed by atoms with E-state index in [1.54, 1.807) is 19.1 Å². The van der Waals surface area contributed by atoms with E-state index < -0.39 is 5.97 Å². The molecule has 1 heterocycles. The Morgan fingerprint density at radius 2 is 1.53 bits per heavy atom. The van der Waals surface area contributed by atoms with Crippen molar-refractivity contribution in [1.29, 1.82) is 0 Å². The van der Waals surface area contributed by atoms with Crippen LogP contribution in [0.2, 0.25) is 0 Å². The number of hydrogen-bond donors (Lipinski definition) is 2. The third-order valence-electron chi connectivity index (χ3n) is 4.12. The Hall–Kier alpha value is -2.01. The fourth-order valence-corrected chi connectivity index (χ4v) is 2.56. The summed E-state index contributed by atoms with van der Waals surface area (Å²) in [6.07, 6.45) is -0.0417. The molecule has 0 spiro atoms. The smallest absolute Gasteiger partial charge is 0.343 e. The first-order chi connectivity index (χ1) is 14.3. The summed E-state index contributed by atoms with van der Waals surface area (Å²) in [4.78, 5) is 12.5. The van der Waals surface area contributed by atoms with Gasteiger partial charge in [0.1, 0.15) is 17.6 Å². The van der Waals surface area contributed by atoms with E-state index >= 15 is 0 Å². The normalized spacial score (nSPS) is 16.2. The summed E-state index contributed by atoms with van der Waals surface area (Å²) in [6, 6.07) is 5.34. The Balaban J connectivity index is -0.000000815. The van der Waals surface area contributed by atoms with Crippen LogP contribution in [0.25, 0.3) is 0 Å². The predicted molar refractivity (Wildman–Crippen MR) is 129 cm³/mol. The molecule has 5 nitrogen and oxygen atoms in total. The molecule has 0 fully saturated rings. The molecule has 0 bridgehead atoms. The minimum absolute atomic E-state index is 0.0219. The second-order valence-electron chi connectivity index (χ2n) is 5.99.